The van der Waals surface area contributed by atoms with Crippen LogP contribution in [0.5, 0.6) is 0 Å². The van der Waals surface area contributed by atoms with Crippen molar-refractivity contribution in [3.63, 3.8) is 0 Å². The topological polar surface area (TPSA) is 133 Å². The van der Waals surface area contributed by atoms with Gasteiger partial charge in [0.05, 0.1) is 15.6 Å². The third-order valence-electron chi connectivity index (χ3n) is 6.09. The molecular weight excluding hydrogens is 468 g/mol. The summed E-state index contributed by atoms with van der Waals surface area (Å²) in [6.45, 7) is 1.66. The van der Waals surface area contributed by atoms with Gasteiger partial charge in [0.15, 0.2) is 0 Å². The molecule has 9 nitrogen and oxygen atoms in total. The highest BCUT2D eigenvalue weighted by molar-refractivity contribution is 7.92. The minimum atomic E-state index is -3.95. The van der Waals surface area contributed by atoms with E-state index in [0.29, 0.717) is 36.9 Å². The summed E-state index contributed by atoms with van der Waals surface area (Å²) in [4.78, 5) is 36.4. The van der Waals surface area contributed by atoms with Crippen molar-refractivity contribution in [1.82, 2.24) is 10.6 Å². The van der Waals surface area contributed by atoms with Crippen molar-refractivity contribution in [3.8, 4) is 0 Å². The molecule has 174 valence electrons. The predicted molar refractivity (Wildman–Crippen MR) is 123 cm³/mol. The quantitative estimate of drug-likeness (QED) is 0.478. The van der Waals surface area contributed by atoms with E-state index in [2.05, 4.69) is 20.7 Å². The van der Waals surface area contributed by atoms with Crippen LogP contribution in [0.3, 0.4) is 0 Å². The van der Waals surface area contributed by atoms with Crippen LogP contribution in [0.15, 0.2) is 47.4 Å². The lowest BCUT2D eigenvalue weighted by atomic mass is 9.76. The number of amides is 4. The molecule has 1 saturated heterocycles. The number of halogens is 1. The highest BCUT2D eigenvalue weighted by atomic mass is 35.5. The summed E-state index contributed by atoms with van der Waals surface area (Å²) in [5.41, 5.74) is 0.170. The minimum Gasteiger partial charge on any atom is -0.326 e. The highest BCUT2D eigenvalue weighted by Crippen LogP contribution is 2.35. The van der Waals surface area contributed by atoms with Crippen molar-refractivity contribution in [1.29, 1.82) is 0 Å². The van der Waals surface area contributed by atoms with Gasteiger partial charge in [-0.05, 0) is 62.4 Å². The second-order valence-electron chi connectivity index (χ2n) is 8.32. The lowest BCUT2D eigenvalue weighted by Gasteiger charge is -2.33. The van der Waals surface area contributed by atoms with Gasteiger partial charge in [-0.25, -0.2) is 13.2 Å². The van der Waals surface area contributed by atoms with E-state index in [1.165, 1.54) is 6.07 Å². The number of hydrogen-bond donors (Lipinski definition) is 4. The van der Waals surface area contributed by atoms with Crippen molar-refractivity contribution in [2.24, 2.45) is 5.92 Å². The van der Waals surface area contributed by atoms with Crippen molar-refractivity contribution in [3.05, 3.63) is 53.1 Å². The van der Waals surface area contributed by atoms with Crippen LogP contribution in [0.1, 0.15) is 31.2 Å². The lowest BCUT2D eigenvalue weighted by Crippen LogP contribution is -2.50. The van der Waals surface area contributed by atoms with E-state index in [1.807, 2.05) is 0 Å². The van der Waals surface area contributed by atoms with E-state index in [9.17, 15) is 22.8 Å². The van der Waals surface area contributed by atoms with E-state index in [0.717, 1.165) is 0 Å². The molecule has 1 heterocycles. The number of urea groups is 1. The molecule has 0 bridgehead atoms. The maximum atomic E-state index is 13.0. The summed E-state index contributed by atoms with van der Waals surface area (Å²) in [6, 6.07) is 10.6. The van der Waals surface area contributed by atoms with Crippen LogP contribution in [0, 0.1) is 12.8 Å². The molecule has 0 radical (unpaired) electrons. The van der Waals surface area contributed by atoms with Crippen molar-refractivity contribution in [2.45, 2.75) is 43.0 Å². The number of hydrogen-bond acceptors (Lipinski definition) is 5. The van der Waals surface area contributed by atoms with Crippen LogP contribution >= 0.6 is 11.6 Å². The zero-order valence-corrected chi connectivity index (χ0v) is 19.3. The summed E-state index contributed by atoms with van der Waals surface area (Å²) >= 11 is 6.07. The molecule has 0 aromatic heterocycles. The first-order chi connectivity index (χ1) is 15.6. The number of nitrogens with one attached hydrogen (secondary N) is 4. The highest BCUT2D eigenvalue weighted by Gasteiger charge is 2.48. The molecule has 1 aliphatic heterocycles. The molecular formula is C22H23ClN4O5S. The molecule has 4 amide bonds. The Morgan fingerprint density at radius 3 is 2.45 bits per heavy atom. The lowest BCUT2D eigenvalue weighted by molar-refractivity contribution is -0.128. The van der Waals surface area contributed by atoms with Crippen LogP contribution in [0.4, 0.5) is 16.2 Å². The molecule has 4 N–H and O–H groups in total. The summed E-state index contributed by atoms with van der Waals surface area (Å²) in [5.74, 6) is -0.977. The summed E-state index contributed by atoms with van der Waals surface area (Å²) in [7, 11) is -3.95. The standard InChI is InChI=1S/C22H23ClN4O5S/c1-13-6-7-15(12-18(13)33(31,32)27-17-5-3-2-4-16(17)23)24-19(28)14-8-10-22(11-9-14)20(29)25-21(30)26-22/h2-7,12,14,27H,8-11H2,1H3,(H,24,28)(H2,25,26,29,30). The fourth-order valence-corrected chi connectivity index (χ4v) is 5.80. The Bertz CT molecular complexity index is 1240. The number of imide groups is 1. The number of benzene rings is 2. The monoisotopic (exact) mass is 490 g/mol. The third kappa shape index (κ3) is 4.67. The number of carbonyl (C=O) groups is 3. The Morgan fingerprint density at radius 1 is 1.12 bits per heavy atom. The Kier molecular flexibility index (Phi) is 6.06. The molecule has 0 atom stereocenters. The van der Waals surface area contributed by atoms with E-state index in [-0.39, 0.29) is 33.3 Å². The average molecular weight is 491 g/mol. The summed E-state index contributed by atoms with van der Waals surface area (Å²) < 4.78 is 28.4. The number of aryl methyl sites for hydroxylation is 1. The van der Waals surface area contributed by atoms with Crippen LogP contribution in [0.25, 0.3) is 0 Å². The molecule has 0 unspecified atom stereocenters. The fourth-order valence-electron chi connectivity index (χ4n) is 4.21. The summed E-state index contributed by atoms with van der Waals surface area (Å²) in [6.07, 6.45) is 1.56. The number of rotatable bonds is 5. The normalized spacial score (nSPS) is 22.5. The van der Waals surface area contributed by atoms with Crippen LogP contribution in [-0.4, -0.2) is 31.8 Å². The molecule has 33 heavy (non-hydrogen) atoms. The molecule has 2 fully saturated rings. The van der Waals surface area contributed by atoms with Crippen LogP contribution in [0.2, 0.25) is 5.02 Å². The van der Waals surface area contributed by atoms with Gasteiger partial charge >= 0.3 is 6.03 Å². The van der Waals surface area contributed by atoms with Crippen molar-refractivity contribution in [2.75, 3.05) is 10.0 Å². The first-order valence-corrected chi connectivity index (χ1v) is 12.3. The number of carbonyl (C=O) groups excluding carboxylic acids is 3. The fraction of sp³-hybridized carbons (Fsp3) is 0.318. The van der Waals surface area contributed by atoms with Crippen molar-refractivity contribution >= 4 is 50.8 Å². The van der Waals surface area contributed by atoms with E-state index in [4.69, 9.17) is 11.6 Å². The first kappa shape index (κ1) is 23.1. The molecule has 4 rings (SSSR count). The molecule has 11 heteroatoms. The zero-order chi connectivity index (χ0) is 23.8. The maximum Gasteiger partial charge on any atom is 0.322 e. The van der Waals surface area contributed by atoms with Gasteiger partial charge in [-0.2, -0.15) is 0 Å². The predicted octanol–water partition coefficient (Wildman–Crippen LogP) is 3.16. The second-order valence-corrected chi connectivity index (χ2v) is 10.4. The smallest absolute Gasteiger partial charge is 0.322 e. The number of sulfonamides is 1. The van der Waals surface area contributed by atoms with Gasteiger partial charge in [-0.1, -0.05) is 29.8 Å². The van der Waals surface area contributed by atoms with Gasteiger partial charge in [-0.15, -0.1) is 0 Å². The van der Waals surface area contributed by atoms with Gasteiger partial charge in [-0.3, -0.25) is 19.6 Å². The third-order valence-corrected chi connectivity index (χ3v) is 7.92. The minimum absolute atomic E-state index is 0.0214. The molecule has 1 spiro atoms. The largest absolute Gasteiger partial charge is 0.326 e. The van der Waals surface area contributed by atoms with Crippen molar-refractivity contribution < 1.29 is 22.8 Å². The van der Waals surface area contributed by atoms with E-state index >= 15 is 0 Å². The first-order valence-electron chi connectivity index (χ1n) is 10.4. The maximum absolute atomic E-state index is 13.0. The molecule has 1 saturated carbocycles. The van der Waals surface area contributed by atoms with E-state index < -0.39 is 21.6 Å². The van der Waals surface area contributed by atoms with Gasteiger partial charge in [0, 0.05) is 11.6 Å². The second kappa shape index (κ2) is 8.68. The Labute approximate surface area is 196 Å². The van der Waals surface area contributed by atoms with Crippen LogP contribution < -0.4 is 20.7 Å². The molecule has 2 aromatic rings. The summed E-state index contributed by atoms with van der Waals surface area (Å²) in [5, 5.41) is 7.96. The molecule has 1 aliphatic carbocycles. The number of anilines is 2. The SMILES string of the molecule is Cc1ccc(NC(=O)C2CCC3(CC2)NC(=O)NC3=O)cc1S(=O)(=O)Nc1ccccc1Cl. The molecule has 2 aliphatic rings. The van der Waals surface area contributed by atoms with Gasteiger partial charge < -0.3 is 10.6 Å². The Hall–Kier alpha value is -3.11. The Balaban J connectivity index is 1.46. The van der Waals surface area contributed by atoms with Crippen LogP contribution in [-0.2, 0) is 19.6 Å². The zero-order valence-electron chi connectivity index (χ0n) is 17.8. The number of para-hydroxylation sites is 1. The van der Waals surface area contributed by atoms with Gasteiger partial charge in [0.25, 0.3) is 15.9 Å². The van der Waals surface area contributed by atoms with E-state index in [1.54, 1.807) is 43.3 Å². The van der Waals surface area contributed by atoms with Gasteiger partial charge in [0.2, 0.25) is 5.91 Å². The average Bonchev–Trinajstić information content (AvgIpc) is 3.03. The van der Waals surface area contributed by atoms with Gasteiger partial charge in [0.1, 0.15) is 5.54 Å². The Morgan fingerprint density at radius 2 is 1.82 bits per heavy atom. The molecule has 2 aromatic carbocycles.